The third-order valence-corrected chi connectivity index (χ3v) is 2.89. The first-order valence-electron chi connectivity index (χ1n) is 4.52. The highest BCUT2D eigenvalue weighted by Gasteiger charge is 2.06. The van der Waals surface area contributed by atoms with Crippen molar-refractivity contribution in [2.24, 2.45) is 0 Å². The fraction of sp³-hybridized carbons (Fsp3) is 0.182. The Morgan fingerprint density at radius 3 is 2.93 bits per heavy atom. The Bertz CT molecular complexity index is 487. The van der Waals surface area contributed by atoms with Gasteiger partial charge in [-0.2, -0.15) is 0 Å². The van der Waals surface area contributed by atoms with E-state index in [2.05, 4.69) is 28.7 Å². The van der Waals surface area contributed by atoms with Gasteiger partial charge in [0.1, 0.15) is 0 Å². The molecule has 0 fully saturated rings. The number of hydrogen-bond acceptors (Lipinski definition) is 1. The monoisotopic (exact) mass is 299 g/mol. The minimum absolute atomic E-state index is 0.140. The standard InChI is InChI=1S/C11H10INO/c1-2-11(14)13-6-5-8-7-9(12)3-4-10(8)13/h3-7H,2H2,1H3. The van der Waals surface area contributed by atoms with Crippen LogP contribution >= 0.6 is 22.6 Å². The Kier molecular flexibility index (Phi) is 2.58. The van der Waals surface area contributed by atoms with Gasteiger partial charge in [-0.05, 0) is 46.9 Å². The molecule has 2 rings (SSSR count). The highest BCUT2D eigenvalue weighted by atomic mass is 127. The van der Waals surface area contributed by atoms with Crippen molar-refractivity contribution in [3.05, 3.63) is 34.0 Å². The maximum Gasteiger partial charge on any atom is 0.230 e. The molecule has 0 radical (unpaired) electrons. The second-order valence-electron chi connectivity index (χ2n) is 3.14. The number of carbonyl (C=O) groups is 1. The Labute approximate surface area is 96.1 Å². The molecule has 2 nitrogen and oxygen atoms in total. The molecule has 0 saturated heterocycles. The molecular formula is C11H10INO. The zero-order valence-corrected chi connectivity index (χ0v) is 9.98. The molecule has 0 N–H and O–H groups in total. The Balaban J connectivity index is 2.64. The van der Waals surface area contributed by atoms with Crippen LogP contribution in [0.15, 0.2) is 30.5 Å². The lowest BCUT2D eigenvalue weighted by Crippen LogP contribution is -2.06. The van der Waals surface area contributed by atoms with E-state index in [9.17, 15) is 4.79 Å². The van der Waals surface area contributed by atoms with Crippen molar-refractivity contribution in [2.45, 2.75) is 13.3 Å². The van der Waals surface area contributed by atoms with Crippen LogP contribution in [0.2, 0.25) is 0 Å². The predicted octanol–water partition coefficient (Wildman–Crippen LogP) is 3.30. The number of hydrogen-bond donors (Lipinski definition) is 0. The van der Waals surface area contributed by atoms with Crippen molar-refractivity contribution in [1.82, 2.24) is 4.57 Å². The van der Waals surface area contributed by atoms with Crippen molar-refractivity contribution in [3.8, 4) is 0 Å². The van der Waals surface area contributed by atoms with Gasteiger partial charge >= 0.3 is 0 Å². The summed E-state index contributed by atoms with van der Waals surface area (Å²) in [5.41, 5.74) is 0.997. The Morgan fingerprint density at radius 2 is 2.21 bits per heavy atom. The normalized spacial score (nSPS) is 10.7. The van der Waals surface area contributed by atoms with Crippen LogP contribution in [0.4, 0.5) is 0 Å². The number of rotatable bonds is 1. The number of benzene rings is 1. The summed E-state index contributed by atoms with van der Waals surface area (Å²) in [7, 11) is 0. The van der Waals surface area contributed by atoms with Crippen molar-refractivity contribution in [2.75, 3.05) is 0 Å². The highest BCUT2D eigenvalue weighted by Crippen LogP contribution is 2.18. The van der Waals surface area contributed by atoms with Gasteiger partial charge in [0.15, 0.2) is 0 Å². The SMILES string of the molecule is CCC(=O)n1ccc2cc(I)ccc21. The molecule has 1 heterocycles. The van der Waals surface area contributed by atoms with Gasteiger partial charge in [-0.15, -0.1) is 0 Å². The fourth-order valence-electron chi connectivity index (χ4n) is 1.50. The first-order chi connectivity index (χ1) is 6.72. The molecule has 1 aromatic carbocycles. The van der Waals surface area contributed by atoms with Crippen LogP contribution in [0.25, 0.3) is 10.9 Å². The summed E-state index contributed by atoms with van der Waals surface area (Å²) in [5.74, 6) is 0.140. The van der Waals surface area contributed by atoms with Crippen LogP contribution in [0, 0.1) is 3.57 Å². The third-order valence-electron chi connectivity index (χ3n) is 2.22. The van der Waals surface area contributed by atoms with E-state index < -0.39 is 0 Å². The summed E-state index contributed by atoms with van der Waals surface area (Å²) < 4.78 is 2.91. The van der Waals surface area contributed by atoms with Crippen molar-refractivity contribution >= 4 is 39.4 Å². The van der Waals surface area contributed by atoms with E-state index in [4.69, 9.17) is 0 Å². The number of halogens is 1. The van der Waals surface area contributed by atoms with E-state index >= 15 is 0 Å². The summed E-state index contributed by atoms with van der Waals surface area (Å²) in [4.78, 5) is 11.5. The lowest BCUT2D eigenvalue weighted by molar-refractivity contribution is 0.0914. The maximum absolute atomic E-state index is 11.5. The van der Waals surface area contributed by atoms with Gasteiger partial charge < -0.3 is 0 Å². The lowest BCUT2D eigenvalue weighted by Gasteiger charge is -2.00. The minimum atomic E-state index is 0.140. The Morgan fingerprint density at radius 1 is 1.43 bits per heavy atom. The number of carbonyl (C=O) groups excluding carboxylic acids is 1. The molecular weight excluding hydrogens is 289 g/mol. The van der Waals surface area contributed by atoms with Gasteiger partial charge in [0, 0.05) is 21.6 Å². The molecule has 0 aliphatic heterocycles. The van der Waals surface area contributed by atoms with Crippen LogP contribution in [-0.4, -0.2) is 10.5 Å². The minimum Gasteiger partial charge on any atom is -0.287 e. The van der Waals surface area contributed by atoms with Crippen molar-refractivity contribution in [1.29, 1.82) is 0 Å². The van der Waals surface area contributed by atoms with Crippen LogP contribution in [0.3, 0.4) is 0 Å². The van der Waals surface area contributed by atoms with Gasteiger partial charge in [0.05, 0.1) is 5.52 Å². The zero-order valence-electron chi connectivity index (χ0n) is 7.83. The lowest BCUT2D eigenvalue weighted by atomic mass is 10.2. The molecule has 0 spiro atoms. The highest BCUT2D eigenvalue weighted by molar-refractivity contribution is 14.1. The average Bonchev–Trinajstić information content (AvgIpc) is 2.59. The number of nitrogens with zero attached hydrogens (tertiary/aromatic N) is 1. The third kappa shape index (κ3) is 1.56. The van der Waals surface area contributed by atoms with E-state index in [1.54, 1.807) is 4.57 Å². The van der Waals surface area contributed by atoms with Gasteiger partial charge in [0.2, 0.25) is 5.91 Å². The largest absolute Gasteiger partial charge is 0.287 e. The van der Waals surface area contributed by atoms with E-state index in [1.807, 2.05) is 31.3 Å². The molecule has 0 aliphatic rings. The first kappa shape index (κ1) is 9.71. The molecule has 0 unspecified atom stereocenters. The second kappa shape index (κ2) is 3.73. The molecule has 3 heteroatoms. The smallest absolute Gasteiger partial charge is 0.230 e. The van der Waals surface area contributed by atoms with Gasteiger partial charge in [-0.3, -0.25) is 9.36 Å². The fourth-order valence-corrected chi connectivity index (χ4v) is 2.02. The van der Waals surface area contributed by atoms with Crippen LogP contribution in [0.1, 0.15) is 18.1 Å². The summed E-state index contributed by atoms with van der Waals surface area (Å²) in [6.07, 6.45) is 2.38. The summed E-state index contributed by atoms with van der Waals surface area (Å²) in [6, 6.07) is 8.06. The van der Waals surface area contributed by atoms with E-state index in [0.29, 0.717) is 6.42 Å². The molecule has 0 atom stereocenters. The molecule has 14 heavy (non-hydrogen) atoms. The Hall–Kier alpha value is -0.840. The zero-order chi connectivity index (χ0) is 10.1. The summed E-state index contributed by atoms with van der Waals surface area (Å²) in [5, 5.41) is 1.12. The molecule has 2 aromatic rings. The van der Waals surface area contributed by atoms with Gasteiger partial charge in [-0.1, -0.05) is 6.92 Å². The molecule has 0 amide bonds. The van der Waals surface area contributed by atoms with Crippen LogP contribution in [-0.2, 0) is 0 Å². The van der Waals surface area contributed by atoms with Crippen molar-refractivity contribution < 1.29 is 4.79 Å². The molecule has 0 saturated carbocycles. The first-order valence-corrected chi connectivity index (χ1v) is 5.60. The molecule has 0 bridgehead atoms. The summed E-state index contributed by atoms with van der Waals surface area (Å²) >= 11 is 2.27. The van der Waals surface area contributed by atoms with Gasteiger partial charge in [-0.25, -0.2) is 0 Å². The van der Waals surface area contributed by atoms with E-state index in [-0.39, 0.29) is 5.91 Å². The van der Waals surface area contributed by atoms with Gasteiger partial charge in [0.25, 0.3) is 0 Å². The van der Waals surface area contributed by atoms with Crippen molar-refractivity contribution in [3.63, 3.8) is 0 Å². The van der Waals surface area contributed by atoms with E-state index in [1.165, 1.54) is 3.57 Å². The topological polar surface area (TPSA) is 22.0 Å². The quantitative estimate of drug-likeness (QED) is 0.741. The maximum atomic E-state index is 11.5. The second-order valence-corrected chi connectivity index (χ2v) is 4.38. The molecule has 72 valence electrons. The summed E-state index contributed by atoms with van der Waals surface area (Å²) in [6.45, 7) is 1.88. The van der Waals surface area contributed by atoms with E-state index in [0.717, 1.165) is 10.9 Å². The van der Waals surface area contributed by atoms with Crippen LogP contribution < -0.4 is 0 Å². The predicted molar refractivity (Wildman–Crippen MR) is 65.6 cm³/mol. The number of aromatic nitrogens is 1. The molecule has 0 aliphatic carbocycles. The van der Waals surface area contributed by atoms with Crippen LogP contribution in [0.5, 0.6) is 0 Å². The average molecular weight is 299 g/mol. The number of fused-ring (bicyclic) bond motifs is 1. The molecule has 1 aromatic heterocycles.